The van der Waals surface area contributed by atoms with Gasteiger partial charge in [-0.15, -0.1) is 0 Å². The molecular weight excluding hydrogens is 905 g/mol. The van der Waals surface area contributed by atoms with Crippen LogP contribution in [0, 0.1) is 0 Å². The van der Waals surface area contributed by atoms with Crippen LogP contribution in [0.5, 0.6) is 0 Å². The Bertz CT molecular complexity index is 3950. The Labute approximate surface area is 440 Å². The molecule has 2 nitrogen and oxygen atoms in total. The predicted molar refractivity (Wildman–Crippen MR) is 319 cm³/mol. The maximum Gasteiger partial charge on any atom is 0.0713 e. The first-order valence-electron chi connectivity index (χ1n) is 25.9. The Morgan fingerprint density at radius 2 is 0.960 bits per heavy atom. The Morgan fingerprint density at radius 3 is 1.60 bits per heavy atom. The van der Waals surface area contributed by atoms with Crippen molar-refractivity contribution in [3.8, 4) is 27.9 Å². The van der Waals surface area contributed by atoms with Crippen LogP contribution in [0.1, 0.15) is 63.9 Å². The van der Waals surface area contributed by atoms with Crippen molar-refractivity contribution in [3.05, 3.63) is 341 Å². The number of aromatic nitrogens is 1. The average molecular weight is 961 g/mol. The minimum Gasteiger partial charge on any atom is -0.405 e. The van der Waals surface area contributed by atoms with E-state index in [-0.39, 0.29) is 0 Å². The molecule has 0 unspecified atom stereocenters. The van der Waals surface area contributed by atoms with E-state index in [2.05, 4.69) is 291 Å². The van der Waals surface area contributed by atoms with Crippen molar-refractivity contribution < 1.29 is 0 Å². The highest BCUT2D eigenvalue weighted by Gasteiger charge is 2.48. The van der Waals surface area contributed by atoms with Gasteiger partial charge in [-0.2, -0.15) is 0 Å². The molecule has 0 atom stereocenters. The zero-order chi connectivity index (χ0) is 50.7. The standard InChI is InChI=1S/C70H49N.C3H7N/c1-2-3-33-58-59-42-39-52(51-40-43-67-62(46-51)60-35-21-22-37-66(60)71(67)55-31-17-8-18-32-55)47-65(59)70(53-27-13-6-14-28-53,54-29-15-7-16-30-54)64(58)45-48-38-41-57-56-34-19-20-36-61(56)69(63(57)44-48)68(49-23-9-4-10-24-49)50-25-11-5-12-26-50;1-2-3-4/h2-47H,1H3;2-3H,4H2,1H3/b3-2+,58-33-,64-45+;3-2+. The van der Waals surface area contributed by atoms with Crippen molar-refractivity contribution in [2.45, 2.75) is 19.3 Å². The fourth-order valence-electron chi connectivity index (χ4n) is 11.8. The van der Waals surface area contributed by atoms with E-state index in [9.17, 15) is 0 Å². The Hall–Kier alpha value is -9.50. The van der Waals surface area contributed by atoms with Gasteiger partial charge in [-0.25, -0.2) is 0 Å². The van der Waals surface area contributed by atoms with Crippen LogP contribution in [-0.4, -0.2) is 4.57 Å². The van der Waals surface area contributed by atoms with Gasteiger partial charge in [-0.1, -0.05) is 237 Å². The van der Waals surface area contributed by atoms with E-state index in [0.29, 0.717) is 0 Å². The smallest absolute Gasteiger partial charge is 0.0713 e. The molecule has 10 aromatic carbocycles. The molecule has 0 amide bonds. The van der Waals surface area contributed by atoms with Crippen LogP contribution < -0.4 is 5.73 Å². The van der Waals surface area contributed by atoms with Gasteiger partial charge in [0.05, 0.1) is 16.4 Å². The molecule has 11 aromatic rings. The SMILES string of the molecule is C/C=C/C=C1\C(=C/c2ccc3c(c2)C(=C(c2ccccc2)c2ccccc2)c2ccccc2-3)C(c2ccccc2)(c2ccccc2)c2cc(-c3ccc4c(c3)c3ccccc3n4-c3ccccc3)ccc21.C/C=C/N. The normalized spacial score (nSPS) is 14.3. The molecule has 1 heterocycles. The van der Waals surface area contributed by atoms with Crippen molar-refractivity contribution >= 4 is 44.6 Å². The van der Waals surface area contributed by atoms with Gasteiger partial charge in [0.25, 0.3) is 0 Å². The largest absolute Gasteiger partial charge is 0.405 e. The maximum atomic E-state index is 4.85. The van der Waals surface area contributed by atoms with E-state index in [0.717, 1.165) is 11.3 Å². The molecule has 358 valence electrons. The van der Waals surface area contributed by atoms with E-state index in [4.69, 9.17) is 5.73 Å². The van der Waals surface area contributed by atoms with Crippen LogP contribution in [0.4, 0.5) is 0 Å². The lowest BCUT2D eigenvalue weighted by atomic mass is 9.67. The van der Waals surface area contributed by atoms with E-state index >= 15 is 0 Å². The summed E-state index contributed by atoms with van der Waals surface area (Å²) in [5.41, 5.74) is 28.6. The third-order valence-corrected chi connectivity index (χ3v) is 15.0. The topological polar surface area (TPSA) is 30.9 Å². The second kappa shape index (κ2) is 20.2. The Morgan fingerprint density at radius 1 is 0.440 bits per heavy atom. The molecule has 2 heteroatoms. The Kier molecular flexibility index (Phi) is 12.5. The number of para-hydroxylation sites is 2. The average Bonchev–Trinajstić information content (AvgIpc) is 4.15. The molecule has 0 saturated carbocycles. The minimum atomic E-state index is -0.658. The van der Waals surface area contributed by atoms with Gasteiger partial charge < -0.3 is 10.3 Å². The van der Waals surface area contributed by atoms with E-state index in [1.54, 1.807) is 6.08 Å². The monoisotopic (exact) mass is 960 g/mol. The number of benzene rings is 10. The summed E-state index contributed by atoms with van der Waals surface area (Å²) in [6, 6.07) is 94.0. The lowest BCUT2D eigenvalue weighted by Gasteiger charge is -2.34. The summed E-state index contributed by atoms with van der Waals surface area (Å²) in [5, 5.41) is 2.48. The summed E-state index contributed by atoms with van der Waals surface area (Å²) in [5.74, 6) is 0. The van der Waals surface area contributed by atoms with Crippen LogP contribution >= 0.6 is 0 Å². The number of hydrogen-bond donors (Lipinski definition) is 1. The molecule has 1 aromatic heterocycles. The first-order chi connectivity index (χ1) is 37.1. The third kappa shape index (κ3) is 8.09. The molecule has 13 rings (SSSR count). The van der Waals surface area contributed by atoms with Crippen LogP contribution in [0.2, 0.25) is 0 Å². The van der Waals surface area contributed by atoms with Crippen LogP contribution in [0.3, 0.4) is 0 Å². The highest BCUT2D eigenvalue weighted by Crippen LogP contribution is 2.59. The predicted octanol–water partition coefficient (Wildman–Crippen LogP) is 18.3. The molecule has 0 aliphatic heterocycles. The van der Waals surface area contributed by atoms with Crippen LogP contribution in [0.15, 0.2) is 291 Å². The molecule has 2 aliphatic carbocycles. The van der Waals surface area contributed by atoms with Crippen molar-refractivity contribution in [2.75, 3.05) is 0 Å². The lowest BCUT2D eigenvalue weighted by molar-refractivity contribution is 0.774. The van der Waals surface area contributed by atoms with Gasteiger partial charge in [0, 0.05) is 16.5 Å². The van der Waals surface area contributed by atoms with E-state index < -0.39 is 5.41 Å². The van der Waals surface area contributed by atoms with Crippen molar-refractivity contribution in [3.63, 3.8) is 0 Å². The van der Waals surface area contributed by atoms with Crippen molar-refractivity contribution in [1.29, 1.82) is 0 Å². The second-order valence-electron chi connectivity index (χ2n) is 19.2. The molecule has 0 spiro atoms. The lowest BCUT2D eigenvalue weighted by Crippen LogP contribution is -2.28. The fraction of sp³-hybridized carbons (Fsp3) is 0.0411. The summed E-state index contributed by atoms with van der Waals surface area (Å²) < 4.78 is 2.39. The molecular formula is C73H56N2. The number of fused-ring (bicyclic) bond motifs is 7. The summed E-state index contributed by atoms with van der Waals surface area (Å²) >= 11 is 0. The number of nitrogens with two attached hydrogens (primary N) is 1. The zero-order valence-corrected chi connectivity index (χ0v) is 42.2. The van der Waals surface area contributed by atoms with Crippen LogP contribution in [0.25, 0.3) is 72.5 Å². The molecule has 0 fully saturated rings. The van der Waals surface area contributed by atoms with Crippen molar-refractivity contribution in [1.82, 2.24) is 4.57 Å². The second-order valence-corrected chi connectivity index (χ2v) is 19.2. The van der Waals surface area contributed by atoms with Gasteiger partial charge in [-0.05, 0) is 163 Å². The fourth-order valence-corrected chi connectivity index (χ4v) is 11.8. The van der Waals surface area contributed by atoms with E-state index in [1.165, 1.54) is 117 Å². The molecule has 0 bridgehead atoms. The number of nitrogens with zero attached hydrogens (tertiary/aromatic N) is 1. The third-order valence-electron chi connectivity index (χ3n) is 15.0. The Balaban J connectivity index is 0.00000138. The van der Waals surface area contributed by atoms with Gasteiger partial charge in [0.2, 0.25) is 0 Å². The molecule has 2 N–H and O–H groups in total. The number of allylic oxidation sites excluding steroid dienone is 6. The highest BCUT2D eigenvalue weighted by atomic mass is 15.0. The van der Waals surface area contributed by atoms with Gasteiger partial charge in [0.1, 0.15) is 0 Å². The maximum absolute atomic E-state index is 4.85. The molecule has 75 heavy (non-hydrogen) atoms. The van der Waals surface area contributed by atoms with Gasteiger partial charge >= 0.3 is 0 Å². The first-order valence-corrected chi connectivity index (χ1v) is 25.9. The summed E-state index contributed by atoms with van der Waals surface area (Å²) in [7, 11) is 0. The highest BCUT2D eigenvalue weighted by molar-refractivity contribution is 6.14. The van der Waals surface area contributed by atoms with Gasteiger partial charge in [0.15, 0.2) is 0 Å². The molecule has 0 saturated heterocycles. The van der Waals surface area contributed by atoms with Crippen molar-refractivity contribution in [2.24, 2.45) is 5.73 Å². The minimum absolute atomic E-state index is 0.658. The molecule has 0 radical (unpaired) electrons. The zero-order valence-electron chi connectivity index (χ0n) is 42.2. The summed E-state index contributed by atoms with van der Waals surface area (Å²) in [6.07, 6.45) is 12.4. The quantitative estimate of drug-likeness (QED) is 0.162. The number of rotatable bonds is 8. The molecule has 2 aliphatic rings. The van der Waals surface area contributed by atoms with E-state index in [1.807, 2.05) is 6.92 Å². The summed E-state index contributed by atoms with van der Waals surface area (Å²) in [4.78, 5) is 0. The number of hydrogen-bond acceptors (Lipinski definition) is 1. The van der Waals surface area contributed by atoms with Crippen LogP contribution in [-0.2, 0) is 5.41 Å². The van der Waals surface area contributed by atoms with Gasteiger partial charge in [-0.3, -0.25) is 0 Å². The summed E-state index contributed by atoms with van der Waals surface area (Å²) in [6.45, 7) is 3.98. The first kappa shape index (κ1) is 46.6.